The predicted molar refractivity (Wildman–Crippen MR) is 102 cm³/mol. The average Bonchev–Trinajstić information content (AvgIpc) is 3.35. The maximum Gasteiger partial charge on any atom is 0.338 e. The van der Waals surface area contributed by atoms with Crippen molar-refractivity contribution < 1.29 is 18.8 Å². The van der Waals surface area contributed by atoms with Gasteiger partial charge in [0.05, 0.1) is 10.6 Å². The molecule has 0 aliphatic carbocycles. The Morgan fingerprint density at radius 1 is 1.21 bits per heavy atom. The Morgan fingerprint density at radius 3 is 2.86 bits per heavy atom. The second-order valence-corrected chi connectivity index (χ2v) is 6.67. The molecular weight excluding hydrogens is 382 g/mol. The van der Waals surface area contributed by atoms with E-state index in [0.29, 0.717) is 40.6 Å². The molecule has 1 fully saturated rings. The molecule has 3 aromatic rings. The molecule has 0 unspecified atom stereocenters. The largest absolute Gasteiger partial charge is 0.452 e. The van der Waals surface area contributed by atoms with Crippen molar-refractivity contribution in [2.75, 3.05) is 11.4 Å². The standard InChI is InChI=1S/C20H16ClN3O4/c21-16-8-2-1-7-15(16)19-22-17(28-23-19)12-27-20(26)13-5-3-6-14(11-13)24-10-4-9-18(24)25/h1-3,5-8,11H,4,9-10,12H2. The van der Waals surface area contributed by atoms with Crippen LogP contribution in [0.5, 0.6) is 0 Å². The van der Waals surface area contributed by atoms with Gasteiger partial charge in [-0.25, -0.2) is 4.79 Å². The minimum Gasteiger partial charge on any atom is -0.452 e. The van der Waals surface area contributed by atoms with Crippen molar-refractivity contribution in [2.24, 2.45) is 0 Å². The zero-order valence-electron chi connectivity index (χ0n) is 14.8. The van der Waals surface area contributed by atoms with Gasteiger partial charge in [-0.3, -0.25) is 4.79 Å². The van der Waals surface area contributed by atoms with Gasteiger partial charge in [0.15, 0.2) is 6.61 Å². The van der Waals surface area contributed by atoms with Gasteiger partial charge >= 0.3 is 5.97 Å². The summed E-state index contributed by atoms with van der Waals surface area (Å²) in [5, 5.41) is 4.37. The summed E-state index contributed by atoms with van der Waals surface area (Å²) < 4.78 is 10.4. The number of amides is 1. The number of hydrogen-bond donors (Lipinski definition) is 0. The Morgan fingerprint density at radius 2 is 2.07 bits per heavy atom. The Hall–Kier alpha value is -3.19. The number of halogens is 1. The highest BCUT2D eigenvalue weighted by Gasteiger charge is 2.22. The molecule has 0 saturated carbocycles. The summed E-state index contributed by atoms with van der Waals surface area (Å²) in [5.74, 6) is 0.00908. The molecule has 4 rings (SSSR count). The van der Waals surface area contributed by atoms with Gasteiger partial charge in [0, 0.05) is 24.2 Å². The molecule has 0 bridgehead atoms. The molecule has 0 spiro atoms. The fourth-order valence-electron chi connectivity index (χ4n) is 3.00. The first-order valence-electron chi connectivity index (χ1n) is 8.77. The van der Waals surface area contributed by atoms with Crippen molar-refractivity contribution in [3.63, 3.8) is 0 Å². The predicted octanol–water partition coefficient (Wildman–Crippen LogP) is 3.87. The van der Waals surface area contributed by atoms with Gasteiger partial charge in [-0.15, -0.1) is 0 Å². The van der Waals surface area contributed by atoms with Gasteiger partial charge in [0.1, 0.15) is 0 Å². The maximum absolute atomic E-state index is 12.4. The molecule has 1 amide bonds. The minimum absolute atomic E-state index is 0.0588. The van der Waals surface area contributed by atoms with Gasteiger partial charge < -0.3 is 14.2 Å². The van der Waals surface area contributed by atoms with Gasteiger partial charge in [-0.1, -0.05) is 35.0 Å². The molecule has 7 nitrogen and oxygen atoms in total. The first kappa shape index (κ1) is 18.2. The number of carbonyl (C=O) groups excluding carboxylic acids is 2. The third-order valence-corrected chi connectivity index (χ3v) is 4.71. The Kier molecular flexibility index (Phi) is 5.08. The third kappa shape index (κ3) is 3.75. The lowest BCUT2D eigenvalue weighted by atomic mass is 10.2. The number of benzene rings is 2. The fourth-order valence-corrected chi connectivity index (χ4v) is 3.22. The van der Waals surface area contributed by atoms with E-state index in [4.69, 9.17) is 20.9 Å². The summed E-state index contributed by atoms with van der Waals surface area (Å²) in [7, 11) is 0. The van der Waals surface area contributed by atoms with Crippen molar-refractivity contribution in [1.82, 2.24) is 10.1 Å². The van der Waals surface area contributed by atoms with Gasteiger partial charge in [-0.2, -0.15) is 4.98 Å². The number of aromatic nitrogens is 2. The van der Waals surface area contributed by atoms with Gasteiger partial charge in [0.25, 0.3) is 5.89 Å². The fraction of sp³-hybridized carbons (Fsp3) is 0.200. The van der Waals surface area contributed by atoms with E-state index in [9.17, 15) is 9.59 Å². The van der Waals surface area contributed by atoms with Crippen molar-refractivity contribution in [1.29, 1.82) is 0 Å². The van der Waals surface area contributed by atoms with E-state index in [0.717, 1.165) is 6.42 Å². The molecular formula is C20H16ClN3O4. The summed E-state index contributed by atoms with van der Waals surface area (Å²) in [6, 6.07) is 13.9. The van der Waals surface area contributed by atoms with E-state index in [-0.39, 0.29) is 18.4 Å². The monoisotopic (exact) mass is 397 g/mol. The lowest BCUT2D eigenvalue weighted by molar-refractivity contribution is -0.117. The highest BCUT2D eigenvalue weighted by molar-refractivity contribution is 6.33. The number of carbonyl (C=O) groups is 2. The first-order chi connectivity index (χ1) is 13.6. The number of nitrogens with zero attached hydrogens (tertiary/aromatic N) is 3. The molecule has 1 aliphatic heterocycles. The maximum atomic E-state index is 12.4. The Bertz CT molecular complexity index is 1030. The third-order valence-electron chi connectivity index (χ3n) is 4.38. The van der Waals surface area contributed by atoms with Crippen LogP contribution in [0.15, 0.2) is 53.1 Å². The molecule has 0 atom stereocenters. The number of anilines is 1. The molecule has 2 heterocycles. The molecule has 142 valence electrons. The van der Waals surface area contributed by atoms with Crippen LogP contribution in [0, 0.1) is 0 Å². The van der Waals surface area contributed by atoms with Crippen molar-refractivity contribution in [3.8, 4) is 11.4 Å². The van der Waals surface area contributed by atoms with Crippen molar-refractivity contribution >= 4 is 29.2 Å². The lowest BCUT2D eigenvalue weighted by Gasteiger charge is -2.16. The van der Waals surface area contributed by atoms with Crippen LogP contribution in [-0.2, 0) is 16.1 Å². The number of ether oxygens (including phenoxy) is 1. The highest BCUT2D eigenvalue weighted by atomic mass is 35.5. The highest BCUT2D eigenvalue weighted by Crippen LogP contribution is 2.25. The molecule has 1 aliphatic rings. The molecule has 1 aromatic heterocycles. The van der Waals surface area contributed by atoms with E-state index in [1.54, 1.807) is 47.4 Å². The van der Waals surface area contributed by atoms with Crippen LogP contribution < -0.4 is 4.90 Å². The first-order valence-corrected chi connectivity index (χ1v) is 9.14. The zero-order valence-corrected chi connectivity index (χ0v) is 15.6. The normalized spacial score (nSPS) is 13.8. The van der Waals surface area contributed by atoms with Gasteiger partial charge in [-0.05, 0) is 36.8 Å². The Labute approximate surface area is 165 Å². The van der Waals surface area contributed by atoms with Crippen LogP contribution in [0.25, 0.3) is 11.4 Å². The number of rotatable bonds is 5. The molecule has 8 heteroatoms. The molecule has 28 heavy (non-hydrogen) atoms. The van der Waals surface area contributed by atoms with Crippen LogP contribution >= 0.6 is 11.6 Å². The van der Waals surface area contributed by atoms with E-state index in [2.05, 4.69) is 10.1 Å². The summed E-state index contributed by atoms with van der Waals surface area (Å²) in [6.45, 7) is 0.493. The molecule has 1 saturated heterocycles. The van der Waals surface area contributed by atoms with Crippen LogP contribution in [0.1, 0.15) is 29.1 Å². The minimum atomic E-state index is -0.536. The topological polar surface area (TPSA) is 85.5 Å². The van der Waals surface area contributed by atoms with E-state index >= 15 is 0 Å². The van der Waals surface area contributed by atoms with Crippen molar-refractivity contribution in [3.05, 3.63) is 65.0 Å². The molecule has 0 N–H and O–H groups in total. The number of hydrogen-bond acceptors (Lipinski definition) is 6. The number of esters is 1. The SMILES string of the molecule is O=C(OCc1nc(-c2ccccc2Cl)no1)c1cccc(N2CCCC2=O)c1. The summed E-state index contributed by atoms with van der Waals surface area (Å²) in [6.07, 6.45) is 1.35. The zero-order chi connectivity index (χ0) is 19.5. The summed E-state index contributed by atoms with van der Waals surface area (Å²) >= 11 is 6.12. The second-order valence-electron chi connectivity index (χ2n) is 6.27. The van der Waals surface area contributed by atoms with Crippen LogP contribution in [0.3, 0.4) is 0 Å². The van der Waals surface area contributed by atoms with Gasteiger partial charge in [0.2, 0.25) is 11.7 Å². The lowest BCUT2D eigenvalue weighted by Crippen LogP contribution is -2.23. The Balaban J connectivity index is 1.43. The molecule has 2 aromatic carbocycles. The van der Waals surface area contributed by atoms with Crippen LogP contribution in [0.2, 0.25) is 5.02 Å². The van der Waals surface area contributed by atoms with E-state index < -0.39 is 5.97 Å². The van der Waals surface area contributed by atoms with E-state index in [1.165, 1.54) is 0 Å². The van der Waals surface area contributed by atoms with Crippen LogP contribution in [0.4, 0.5) is 5.69 Å². The summed E-state index contributed by atoms with van der Waals surface area (Å²) in [4.78, 5) is 30.1. The van der Waals surface area contributed by atoms with Crippen molar-refractivity contribution in [2.45, 2.75) is 19.4 Å². The smallest absolute Gasteiger partial charge is 0.338 e. The molecule has 0 radical (unpaired) electrons. The second kappa shape index (κ2) is 7.82. The summed E-state index contributed by atoms with van der Waals surface area (Å²) in [5.41, 5.74) is 1.67. The quantitative estimate of drug-likeness (QED) is 0.607. The van der Waals surface area contributed by atoms with E-state index in [1.807, 2.05) is 6.07 Å². The van der Waals surface area contributed by atoms with Crippen LogP contribution in [-0.4, -0.2) is 28.6 Å². The average molecular weight is 398 g/mol.